The monoisotopic (exact) mass is 383 g/mol. The molecule has 9 heteroatoms. The van der Waals surface area contributed by atoms with Crippen LogP contribution in [0.15, 0.2) is 36.8 Å². The number of nitrogens with one attached hydrogen (secondary N) is 2. The Labute approximate surface area is 159 Å². The highest BCUT2D eigenvalue weighted by molar-refractivity contribution is 6.09. The lowest BCUT2D eigenvalue weighted by atomic mass is 10.0. The first-order chi connectivity index (χ1) is 13.5. The molecule has 4 rings (SSSR count). The predicted octanol–water partition coefficient (Wildman–Crippen LogP) is 3.20. The van der Waals surface area contributed by atoms with Crippen molar-refractivity contribution in [1.29, 1.82) is 5.41 Å². The normalized spacial score (nSPS) is 17.1. The topological polar surface area (TPSA) is 108 Å². The van der Waals surface area contributed by atoms with Crippen LogP contribution in [0, 0.1) is 5.41 Å². The van der Waals surface area contributed by atoms with Crippen molar-refractivity contribution >= 4 is 28.5 Å². The van der Waals surface area contributed by atoms with E-state index in [1.807, 2.05) is 23.1 Å². The largest absolute Gasteiger partial charge is 0.404 e. The zero-order valence-corrected chi connectivity index (χ0v) is 15.0. The maximum Gasteiger partial charge on any atom is 0.251 e. The van der Waals surface area contributed by atoms with Gasteiger partial charge in [0.2, 0.25) is 0 Å². The summed E-state index contributed by atoms with van der Waals surface area (Å²) in [6.45, 7) is 0.498. The summed E-state index contributed by atoms with van der Waals surface area (Å²) in [6, 6.07) is 7.37. The number of rotatable bonds is 4. The van der Waals surface area contributed by atoms with Gasteiger partial charge in [0.05, 0.1) is 11.2 Å². The number of fused-ring (bicyclic) bond motifs is 1. The van der Waals surface area contributed by atoms with Gasteiger partial charge in [0.15, 0.2) is 0 Å². The molecule has 0 amide bonds. The Balaban J connectivity index is 1.70. The fourth-order valence-electron chi connectivity index (χ4n) is 3.33. The molecule has 144 valence electrons. The van der Waals surface area contributed by atoms with Gasteiger partial charge in [0.1, 0.15) is 17.8 Å². The van der Waals surface area contributed by atoms with Gasteiger partial charge in [0.25, 0.3) is 5.92 Å². The van der Waals surface area contributed by atoms with Crippen molar-refractivity contribution in [3.63, 3.8) is 0 Å². The van der Waals surface area contributed by atoms with Crippen LogP contribution in [-0.4, -0.2) is 45.4 Å². The average Bonchev–Trinajstić information content (AvgIpc) is 3.12. The van der Waals surface area contributed by atoms with E-state index in [1.165, 1.54) is 18.7 Å². The molecule has 0 spiro atoms. The van der Waals surface area contributed by atoms with Crippen LogP contribution in [0.4, 0.5) is 14.6 Å². The number of H-pyrrole nitrogens is 1. The summed E-state index contributed by atoms with van der Waals surface area (Å²) in [5, 5.41) is 15.6. The molecule has 0 bridgehead atoms. The van der Waals surface area contributed by atoms with E-state index in [0.717, 1.165) is 16.5 Å². The van der Waals surface area contributed by atoms with Crippen molar-refractivity contribution in [2.45, 2.75) is 18.8 Å². The lowest BCUT2D eigenvalue weighted by Gasteiger charge is -2.32. The Hall–Kier alpha value is -3.36. The van der Waals surface area contributed by atoms with Crippen molar-refractivity contribution in [2.75, 3.05) is 18.0 Å². The SMILES string of the molecule is N=C/C(=C\N)c1ccc2[nH]nc(-c3cc(N4CCC(F)(F)CC4)ncn3)c2c1. The van der Waals surface area contributed by atoms with Crippen LogP contribution < -0.4 is 10.6 Å². The van der Waals surface area contributed by atoms with Crippen molar-refractivity contribution in [3.8, 4) is 11.4 Å². The molecule has 1 saturated heterocycles. The maximum atomic E-state index is 13.4. The van der Waals surface area contributed by atoms with Crippen LogP contribution in [-0.2, 0) is 0 Å². The van der Waals surface area contributed by atoms with Crippen LogP contribution in [0.25, 0.3) is 27.9 Å². The fourth-order valence-corrected chi connectivity index (χ4v) is 3.33. The van der Waals surface area contributed by atoms with Gasteiger partial charge >= 0.3 is 0 Å². The molecular formula is C19H19F2N7. The standard InChI is InChI=1S/C19H19F2N7/c20-19(21)3-5-28(6-4-19)17-8-16(24-11-25-17)18-14-7-12(13(9-22)10-23)1-2-15(14)26-27-18/h1-2,7-11,22H,3-6,23H2,(H,26,27)/b13-10+,22-9?. The molecule has 0 saturated carbocycles. The van der Waals surface area contributed by atoms with Crippen LogP contribution in [0.3, 0.4) is 0 Å². The van der Waals surface area contributed by atoms with E-state index in [-0.39, 0.29) is 25.9 Å². The molecule has 3 aromatic rings. The van der Waals surface area contributed by atoms with E-state index in [0.29, 0.717) is 22.8 Å². The fraction of sp³-hybridized carbons (Fsp3) is 0.263. The van der Waals surface area contributed by atoms with E-state index in [2.05, 4.69) is 20.2 Å². The van der Waals surface area contributed by atoms with Gasteiger partial charge in [-0.05, 0) is 17.7 Å². The molecule has 3 heterocycles. The van der Waals surface area contributed by atoms with Gasteiger partial charge in [-0.3, -0.25) is 5.10 Å². The Morgan fingerprint density at radius 2 is 2.00 bits per heavy atom. The molecular weight excluding hydrogens is 364 g/mol. The molecule has 0 aliphatic carbocycles. The lowest BCUT2D eigenvalue weighted by Crippen LogP contribution is -2.39. The zero-order chi connectivity index (χ0) is 19.7. The van der Waals surface area contributed by atoms with Crippen LogP contribution >= 0.6 is 0 Å². The second kappa shape index (κ2) is 6.99. The van der Waals surface area contributed by atoms with E-state index < -0.39 is 5.92 Å². The maximum absolute atomic E-state index is 13.4. The number of halogens is 2. The number of alkyl halides is 2. The molecule has 1 fully saturated rings. The summed E-state index contributed by atoms with van der Waals surface area (Å²) in [5.74, 6) is -2.00. The summed E-state index contributed by atoms with van der Waals surface area (Å²) in [6.07, 6.45) is 3.63. The molecule has 1 aliphatic heterocycles. The number of allylic oxidation sites excluding steroid dienone is 1. The van der Waals surface area contributed by atoms with Gasteiger partial charge < -0.3 is 16.0 Å². The molecule has 1 aliphatic rings. The Morgan fingerprint density at radius 3 is 2.71 bits per heavy atom. The highest BCUT2D eigenvalue weighted by atomic mass is 19.3. The van der Waals surface area contributed by atoms with E-state index in [4.69, 9.17) is 11.1 Å². The minimum absolute atomic E-state index is 0.182. The van der Waals surface area contributed by atoms with Crippen molar-refractivity contribution < 1.29 is 8.78 Å². The molecule has 28 heavy (non-hydrogen) atoms. The van der Waals surface area contributed by atoms with E-state index in [1.54, 1.807) is 6.07 Å². The third kappa shape index (κ3) is 3.30. The number of benzene rings is 1. The Kier molecular flexibility index (Phi) is 4.50. The summed E-state index contributed by atoms with van der Waals surface area (Å²) in [7, 11) is 0. The van der Waals surface area contributed by atoms with Crippen molar-refractivity contribution in [3.05, 3.63) is 42.4 Å². The van der Waals surface area contributed by atoms with Gasteiger partial charge in [-0.2, -0.15) is 5.10 Å². The van der Waals surface area contributed by atoms with Crippen LogP contribution in [0.5, 0.6) is 0 Å². The van der Waals surface area contributed by atoms with Crippen molar-refractivity contribution in [1.82, 2.24) is 20.2 Å². The smallest absolute Gasteiger partial charge is 0.251 e. The molecule has 7 nitrogen and oxygen atoms in total. The number of aromatic nitrogens is 4. The quantitative estimate of drug-likeness (QED) is 0.600. The average molecular weight is 383 g/mol. The van der Waals surface area contributed by atoms with Crippen LogP contribution in [0.1, 0.15) is 18.4 Å². The molecule has 1 aromatic carbocycles. The third-order valence-electron chi connectivity index (χ3n) is 4.95. The van der Waals surface area contributed by atoms with Crippen LogP contribution in [0.2, 0.25) is 0 Å². The minimum Gasteiger partial charge on any atom is -0.404 e. The predicted molar refractivity (Wildman–Crippen MR) is 104 cm³/mol. The number of nitrogens with two attached hydrogens (primary N) is 1. The molecule has 2 aromatic heterocycles. The first-order valence-corrected chi connectivity index (χ1v) is 8.87. The van der Waals surface area contributed by atoms with E-state index >= 15 is 0 Å². The third-order valence-corrected chi connectivity index (χ3v) is 4.95. The number of hydrogen-bond donors (Lipinski definition) is 3. The van der Waals surface area contributed by atoms with E-state index in [9.17, 15) is 8.78 Å². The molecule has 0 unspecified atom stereocenters. The highest BCUT2D eigenvalue weighted by Gasteiger charge is 2.34. The lowest BCUT2D eigenvalue weighted by molar-refractivity contribution is -0.0221. The Morgan fingerprint density at radius 1 is 1.21 bits per heavy atom. The first-order valence-electron chi connectivity index (χ1n) is 8.87. The van der Waals surface area contributed by atoms with Gasteiger partial charge in [-0.15, -0.1) is 0 Å². The number of anilines is 1. The number of aromatic amines is 1. The number of hydrogen-bond acceptors (Lipinski definition) is 6. The summed E-state index contributed by atoms with van der Waals surface area (Å²) < 4.78 is 26.9. The Bertz CT molecular complexity index is 1050. The van der Waals surface area contributed by atoms with Gasteiger partial charge in [-0.25, -0.2) is 18.7 Å². The second-order valence-electron chi connectivity index (χ2n) is 6.70. The zero-order valence-electron chi connectivity index (χ0n) is 15.0. The van der Waals surface area contributed by atoms with Gasteiger partial charge in [-0.1, -0.05) is 6.07 Å². The summed E-state index contributed by atoms with van der Waals surface area (Å²) in [5.41, 5.74) is 9.01. The number of piperidine rings is 1. The summed E-state index contributed by atoms with van der Waals surface area (Å²) >= 11 is 0. The molecule has 0 radical (unpaired) electrons. The molecule has 4 N–H and O–H groups in total. The molecule has 0 atom stereocenters. The first kappa shape index (κ1) is 18.0. The second-order valence-corrected chi connectivity index (χ2v) is 6.70. The van der Waals surface area contributed by atoms with Crippen molar-refractivity contribution in [2.24, 2.45) is 5.73 Å². The minimum atomic E-state index is -2.61. The number of nitrogens with zero attached hydrogens (tertiary/aromatic N) is 4. The van der Waals surface area contributed by atoms with Gasteiger partial charge in [0, 0.05) is 55.4 Å². The summed E-state index contributed by atoms with van der Waals surface area (Å²) in [4.78, 5) is 10.4. The highest BCUT2D eigenvalue weighted by Crippen LogP contribution is 2.32.